The molecule has 1 N–H and O–H groups in total. The minimum absolute atomic E-state index is 0.256. The lowest BCUT2D eigenvalue weighted by molar-refractivity contribution is 0.102. The Hall–Kier alpha value is -4.06. The van der Waals surface area contributed by atoms with E-state index in [-0.39, 0.29) is 5.91 Å². The summed E-state index contributed by atoms with van der Waals surface area (Å²) in [5.74, 6) is -0.256. The van der Waals surface area contributed by atoms with E-state index in [1.165, 1.54) is 0 Å². The van der Waals surface area contributed by atoms with E-state index in [4.69, 9.17) is 28.2 Å². The van der Waals surface area contributed by atoms with Gasteiger partial charge in [0.05, 0.1) is 33.2 Å². The molecule has 0 saturated carbocycles. The molecule has 7 heteroatoms. The Bertz CT molecular complexity index is 1550. The Morgan fingerprint density at radius 1 is 0.743 bits per heavy atom. The van der Waals surface area contributed by atoms with Crippen molar-refractivity contribution in [3.8, 4) is 11.3 Å². The van der Waals surface area contributed by atoms with Crippen molar-refractivity contribution >= 4 is 57.1 Å². The fourth-order valence-corrected chi connectivity index (χ4v) is 4.12. The van der Waals surface area contributed by atoms with Crippen molar-refractivity contribution in [2.45, 2.75) is 0 Å². The third-order valence-corrected chi connectivity index (χ3v) is 5.88. The normalized spacial score (nSPS) is 11.1. The summed E-state index contributed by atoms with van der Waals surface area (Å²) in [6.45, 7) is 0. The van der Waals surface area contributed by atoms with E-state index in [1.54, 1.807) is 48.5 Å². The Morgan fingerprint density at radius 2 is 1.43 bits per heavy atom. The Morgan fingerprint density at radius 3 is 2.17 bits per heavy atom. The molecule has 5 aromatic rings. The van der Waals surface area contributed by atoms with E-state index in [0.717, 1.165) is 11.1 Å². The first-order chi connectivity index (χ1) is 17.1. The number of hydrogen-bond donors (Lipinski definition) is 1. The van der Waals surface area contributed by atoms with Gasteiger partial charge in [0.1, 0.15) is 0 Å². The van der Waals surface area contributed by atoms with Crippen LogP contribution in [0.4, 0.5) is 17.1 Å². The maximum absolute atomic E-state index is 13.3. The van der Waals surface area contributed by atoms with Gasteiger partial charge in [-0.05, 0) is 66.7 Å². The number of para-hydroxylation sites is 1. The largest absolute Gasteiger partial charge is 0.322 e. The molecule has 0 radical (unpaired) electrons. The number of hydrogen-bond acceptors (Lipinski definition) is 4. The van der Waals surface area contributed by atoms with Crippen molar-refractivity contribution in [2.75, 3.05) is 5.32 Å². The van der Waals surface area contributed by atoms with E-state index in [2.05, 4.69) is 15.5 Å². The number of carbonyl (C=O) groups excluding carboxylic acids is 1. The average Bonchev–Trinajstić information content (AvgIpc) is 2.88. The number of nitrogens with one attached hydrogen (secondary N) is 1. The van der Waals surface area contributed by atoms with Gasteiger partial charge in [-0.2, -0.15) is 10.2 Å². The fourth-order valence-electron chi connectivity index (χ4n) is 3.62. The van der Waals surface area contributed by atoms with Gasteiger partial charge in [-0.3, -0.25) is 4.79 Å². The van der Waals surface area contributed by atoms with Crippen molar-refractivity contribution < 1.29 is 4.79 Å². The van der Waals surface area contributed by atoms with Crippen molar-refractivity contribution in [3.05, 3.63) is 119 Å². The van der Waals surface area contributed by atoms with E-state index in [0.29, 0.717) is 43.8 Å². The minimum atomic E-state index is -0.256. The van der Waals surface area contributed by atoms with Crippen LogP contribution in [0.3, 0.4) is 0 Å². The second kappa shape index (κ2) is 10.1. The van der Waals surface area contributed by atoms with Crippen molar-refractivity contribution in [1.82, 2.24) is 4.98 Å². The highest BCUT2D eigenvalue weighted by Crippen LogP contribution is 2.32. The van der Waals surface area contributed by atoms with E-state index < -0.39 is 0 Å². The maximum Gasteiger partial charge on any atom is 0.256 e. The molecule has 4 aromatic carbocycles. The van der Waals surface area contributed by atoms with Crippen LogP contribution >= 0.6 is 23.2 Å². The summed E-state index contributed by atoms with van der Waals surface area (Å²) in [6, 6.07) is 31.1. The monoisotopic (exact) mass is 496 g/mol. The number of amides is 1. The van der Waals surface area contributed by atoms with Gasteiger partial charge in [-0.25, -0.2) is 4.98 Å². The zero-order valence-electron chi connectivity index (χ0n) is 18.3. The van der Waals surface area contributed by atoms with Crippen LogP contribution in [0.2, 0.25) is 10.0 Å². The highest BCUT2D eigenvalue weighted by atomic mass is 35.5. The first kappa shape index (κ1) is 22.7. The number of benzene rings is 4. The number of fused-ring (bicyclic) bond motifs is 1. The van der Waals surface area contributed by atoms with Crippen LogP contribution in [0, 0.1) is 0 Å². The Balaban J connectivity index is 1.43. The summed E-state index contributed by atoms with van der Waals surface area (Å²) in [5.41, 5.74) is 4.56. The van der Waals surface area contributed by atoms with Crippen LogP contribution in [0.25, 0.3) is 22.2 Å². The van der Waals surface area contributed by atoms with Crippen LogP contribution in [-0.2, 0) is 0 Å². The first-order valence-corrected chi connectivity index (χ1v) is 11.6. The van der Waals surface area contributed by atoms with Gasteiger partial charge < -0.3 is 5.32 Å². The number of pyridine rings is 1. The van der Waals surface area contributed by atoms with E-state index in [9.17, 15) is 4.79 Å². The molecule has 1 amide bonds. The summed E-state index contributed by atoms with van der Waals surface area (Å²) in [5, 5.41) is 13.1. The summed E-state index contributed by atoms with van der Waals surface area (Å²) in [6.07, 6.45) is 0. The van der Waals surface area contributed by atoms with Gasteiger partial charge in [-0.1, -0.05) is 59.6 Å². The molecular formula is C28H18Cl2N4O. The number of carbonyl (C=O) groups is 1. The van der Waals surface area contributed by atoms with Gasteiger partial charge in [-0.15, -0.1) is 0 Å². The van der Waals surface area contributed by atoms with Crippen LogP contribution in [-0.4, -0.2) is 10.9 Å². The summed E-state index contributed by atoms with van der Waals surface area (Å²) in [4.78, 5) is 18.0. The molecule has 0 bridgehead atoms. The molecule has 5 rings (SSSR count). The number of azo groups is 1. The molecular weight excluding hydrogens is 479 g/mol. The number of anilines is 1. The summed E-state index contributed by atoms with van der Waals surface area (Å²) in [7, 11) is 0. The minimum Gasteiger partial charge on any atom is -0.322 e. The fraction of sp³-hybridized carbons (Fsp3) is 0. The molecule has 0 aliphatic carbocycles. The van der Waals surface area contributed by atoms with Gasteiger partial charge in [0.25, 0.3) is 5.91 Å². The maximum atomic E-state index is 13.3. The molecule has 0 atom stereocenters. The number of halogens is 2. The standard InChI is InChI=1S/C28H18Cl2N4O/c29-18-10-15-23(25(30)16-18)27-17-24(22-8-4-5-9-26(22)32-27)28(35)31-19-11-13-21(14-12-19)34-33-20-6-2-1-3-7-20/h1-17H,(H,31,35). The lowest BCUT2D eigenvalue weighted by atomic mass is 10.0. The molecule has 1 aromatic heterocycles. The topological polar surface area (TPSA) is 66.7 Å². The quantitative estimate of drug-likeness (QED) is 0.247. The van der Waals surface area contributed by atoms with Gasteiger partial charge in [0, 0.05) is 21.7 Å². The lowest BCUT2D eigenvalue weighted by Crippen LogP contribution is -2.13. The predicted octanol–water partition coefficient (Wildman–Crippen LogP) is 8.88. The van der Waals surface area contributed by atoms with Crippen LogP contribution in [0.5, 0.6) is 0 Å². The molecule has 0 fully saturated rings. The molecule has 5 nitrogen and oxygen atoms in total. The average molecular weight is 497 g/mol. The zero-order chi connectivity index (χ0) is 24.2. The van der Waals surface area contributed by atoms with Gasteiger partial charge >= 0.3 is 0 Å². The highest BCUT2D eigenvalue weighted by Gasteiger charge is 2.16. The molecule has 35 heavy (non-hydrogen) atoms. The van der Waals surface area contributed by atoms with Crippen LogP contribution in [0.1, 0.15) is 10.4 Å². The molecule has 0 aliphatic rings. The van der Waals surface area contributed by atoms with E-state index >= 15 is 0 Å². The number of rotatable bonds is 5. The second-order valence-electron chi connectivity index (χ2n) is 7.73. The summed E-state index contributed by atoms with van der Waals surface area (Å²) < 4.78 is 0. The molecule has 170 valence electrons. The molecule has 0 saturated heterocycles. The molecule has 0 spiro atoms. The van der Waals surface area contributed by atoms with Gasteiger partial charge in [0.2, 0.25) is 0 Å². The Labute approximate surface area is 212 Å². The number of nitrogens with zero attached hydrogens (tertiary/aromatic N) is 3. The number of aromatic nitrogens is 1. The van der Waals surface area contributed by atoms with Crippen molar-refractivity contribution in [3.63, 3.8) is 0 Å². The highest BCUT2D eigenvalue weighted by molar-refractivity contribution is 6.36. The van der Waals surface area contributed by atoms with Crippen LogP contribution in [0.15, 0.2) is 113 Å². The molecule has 0 aliphatic heterocycles. The zero-order valence-corrected chi connectivity index (χ0v) is 19.8. The predicted molar refractivity (Wildman–Crippen MR) is 142 cm³/mol. The van der Waals surface area contributed by atoms with Crippen molar-refractivity contribution in [2.24, 2.45) is 10.2 Å². The summed E-state index contributed by atoms with van der Waals surface area (Å²) >= 11 is 12.5. The molecule has 0 unspecified atom stereocenters. The lowest BCUT2D eigenvalue weighted by Gasteiger charge is -2.12. The smallest absolute Gasteiger partial charge is 0.256 e. The third kappa shape index (κ3) is 5.22. The van der Waals surface area contributed by atoms with Crippen molar-refractivity contribution in [1.29, 1.82) is 0 Å². The SMILES string of the molecule is O=C(Nc1ccc(N=Nc2ccccc2)cc1)c1cc(-c2ccc(Cl)cc2Cl)nc2ccccc12. The van der Waals surface area contributed by atoms with Gasteiger partial charge in [0.15, 0.2) is 0 Å². The van der Waals surface area contributed by atoms with Crippen LogP contribution < -0.4 is 5.32 Å². The third-order valence-electron chi connectivity index (χ3n) is 5.33. The van der Waals surface area contributed by atoms with E-state index in [1.807, 2.05) is 54.6 Å². The Kier molecular flexibility index (Phi) is 6.53. The molecule has 1 heterocycles. The first-order valence-electron chi connectivity index (χ1n) is 10.8. The second-order valence-corrected chi connectivity index (χ2v) is 8.58.